The summed E-state index contributed by atoms with van der Waals surface area (Å²) in [5.41, 5.74) is 4.56. The number of hydrogen-bond acceptors (Lipinski definition) is 2. The first kappa shape index (κ1) is 17.3. The van der Waals surface area contributed by atoms with Gasteiger partial charge in [0.25, 0.3) is 0 Å². The van der Waals surface area contributed by atoms with Gasteiger partial charge in [0.05, 0.1) is 22.1 Å². The van der Waals surface area contributed by atoms with E-state index >= 15 is 0 Å². The number of fused-ring (bicyclic) bond motifs is 6. The fourth-order valence-electron chi connectivity index (χ4n) is 4.92. The van der Waals surface area contributed by atoms with Crippen LogP contribution >= 0.6 is 0 Å². The third-order valence-corrected chi connectivity index (χ3v) is 6.26. The van der Waals surface area contributed by atoms with Crippen LogP contribution in [0.5, 0.6) is 0 Å². The molecule has 0 aliphatic carbocycles. The van der Waals surface area contributed by atoms with E-state index in [1.807, 2.05) is 0 Å². The molecule has 0 atom stereocenters. The van der Waals surface area contributed by atoms with E-state index < -0.39 is 0 Å². The molecule has 32 heavy (non-hydrogen) atoms. The molecule has 0 saturated heterocycles. The summed E-state index contributed by atoms with van der Waals surface area (Å²) in [5.74, 6) is 1.71. The average molecular weight is 410 g/mol. The number of benzene rings is 4. The fraction of sp³-hybridized carbons (Fsp3) is 0. The Labute approximate surface area is 184 Å². The van der Waals surface area contributed by atoms with E-state index in [1.165, 1.54) is 21.5 Å². The lowest BCUT2D eigenvalue weighted by molar-refractivity contribution is 0.987. The zero-order chi connectivity index (χ0) is 21.1. The first-order valence-electron chi connectivity index (χ1n) is 10.7. The van der Waals surface area contributed by atoms with Crippen LogP contribution in [0.3, 0.4) is 0 Å². The molecule has 4 nitrogen and oxygen atoms in total. The van der Waals surface area contributed by atoms with Gasteiger partial charge in [-0.3, -0.25) is 9.13 Å². The summed E-state index contributed by atoms with van der Waals surface area (Å²) in [5, 5.41) is 4.89. The molecule has 4 heteroatoms. The third-order valence-electron chi connectivity index (χ3n) is 6.26. The third kappa shape index (κ3) is 2.32. The molecule has 150 valence electrons. The molecule has 4 aromatic carbocycles. The molecule has 3 heterocycles. The number of rotatable bonds is 2. The molecule has 0 saturated carbocycles. The van der Waals surface area contributed by atoms with E-state index in [4.69, 9.17) is 9.97 Å². The highest BCUT2D eigenvalue weighted by atomic mass is 15.1. The molecular weight excluding hydrogens is 392 g/mol. The van der Waals surface area contributed by atoms with E-state index in [-0.39, 0.29) is 0 Å². The summed E-state index contributed by atoms with van der Waals surface area (Å²) in [6.45, 7) is 0. The molecule has 0 amide bonds. The van der Waals surface area contributed by atoms with Gasteiger partial charge < -0.3 is 0 Å². The molecule has 0 aliphatic heterocycles. The number of hydrogen-bond donors (Lipinski definition) is 0. The number of para-hydroxylation sites is 4. The van der Waals surface area contributed by atoms with Gasteiger partial charge in [0, 0.05) is 27.6 Å². The number of aromatic nitrogens is 4. The molecular formula is C28H18N4. The van der Waals surface area contributed by atoms with Crippen molar-refractivity contribution in [3.05, 3.63) is 109 Å². The van der Waals surface area contributed by atoms with Gasteiger partial charge in [-0.25, -0.2) is 9.97 Å². The summed E-state index contributed by atoms with van der Waals surface area (Å²) in [6, 6.07) is 36.0. The van der Waals surface area contributed by atoms with Crippen molar-refractivity contribution in [3.8, 4) is 11.6 Å². The summed E-state index contributed by atoms with van der Waals surface area (Å²) >= 11 is 0. The minimum Gasteiger partial charge on any atom is -0.294 e. The second-order valence-corrected chi connectivity index (χ2v) is 7.97. The fourth-order valence-corrected chi connectivity index (χ4v) is 4.92. The van der Waals surface area contributed by atoms with Crippen LogP contribution in [0.4, 0.5) is 0 Å². The van der Waals surface area contributed by atoms with Crippen molar-refractivity contribution in [2.24, 2.45) is 0 Å². The standard InChI is InChI=1S/C28H18N4/c1-5-13-23-19(9-1)20-10-2-6-14-24(20)31(23)27-17-28(30-18-29-27)32-25-15-7-3-11-21(25)22-12-4-8-16-26(22)32/h1-18H. The van der Waals surface area contributed by atoms with Crippen LogP contribution in [0.25, 0.3) is 55.2 Å². The maximum Gasteiger partial charge on any atom is 0.143 e. The molecule has 0 aliphatic rings. The van der Waals surface area contributed by atoms with Gasteiger partial charge in [-0.05, 0) is 24.3 Å². The Balaban J connectivity index is 1.55. The number of nitrogens with zero attached hydrogens (tertiary/aromatic N) is 4. The molecule has 7 aromatic rings. The highest BCUT2D eigenvalue weighted by Gasteiger charge is 2.16. The van der Waals surface area contributed by atoms with E-state index in [0.717, 1.165) is 33.7 Å². The summed E-state index contributed by atoms with van der Waals surface area (Å²) < 4.78 is 4.45. The van der Waals surface area contributed by atoms with E-state index in [0.29, 0.717) is 0 Å². The molecule has 0 spiro atoms. The molecule has 7 rings (SSSR count). The van der Waals surface area contributed by atoms with Crippen molar-refractivity contribution in [1.82, 2.24) is 19.1 Å². The van der Waals surface area contributed by atoms with Crippen molar-refractivity contribution in [3.63, 3.8) is 0 Å². The van der Waals surface area contributed by atoms with Crippen molar-refractivity contribution >= 4 is 43.6 Å². The largest absolute Gasteiger partial charge is 0.294 e. The Morgan fingerprint density at radius 2 is 0.719 bits per heavy atom. The predicted octanol–water partition coefficient (Wildman–Crippen LogP) is 6.67. The van der Waals surface area contributed by atoms with Crippen LogP contribution in [-0.4, -0.2) is 19.1 Å². The van der Waals surface area contributed by atoms with Gasteiger partial charge >= 0.3 is 0 Å². The predicted molar refractivity (Wildman–Crippen MR) is 131 cm³/mol. The van der Waals surface area contributed by atoms with Crippen LogP contribution in [0.15, 0.2) is 109 Å². The second-order valence-electron chi connectivity index (χ2n) is 7.97. The van der Waals surface area contributed by atoms with Crippen molar-refractivity contribution < 1.29 is 0 Å². The smallest absolute Gasteiger partial charge is 0.143 e. The molecule has 0 fully saturated rings. The average Bonchev–Trinajstić information content (AvgIpc) is 3.37. The van der Waals surface area contributed by atoms with Crippen LogP contribution in [0.1, 0.15) is 0 Å². The lowest BCUT2D eigenvalue weighted by Gasteiger charge is -2.10. The maximum atomic E-state index is 4.69. The maximum absolute atomic E-state index is 4.69. The monoisotopic (exact) mass is 410 g/mol. The van der Waals surface area contributed by atoms with Crippen LogP contribution in [0.2, 0.25) is 0 Å². The minimum atomic E-state index is 0.856. The zero-order valence-electron chi connectivity index (χ0n) is 17.2. The highest BCUT2D eigenvalue weighted by molar-refractivity contribution is 6.10. The Morgan fingerprint density at radius 1 is 0.406 bits per heavy atom. The van der Waals surface area contributed by atoms with Crippen LogP contribution in [-0.2, 0) is 0 Å². The van der Waals surface area contributed by atoms with Gasteiger partial charge in [0.2, 0.25) is 0 Å². The quantitative estimate of drug-likeness (QED) is 0.319. The topological polar surface area (TPSA) is 35.6 Å². The SMILES string of the molecule is c1ccc2c(c1)c1ccccc1n2-c1cc(-n2c3ccccc3c3ccccc32)ncn1. The first-order valence-corrected chi connectivity index (χ1v) is 10.7. The Morgan fingerprint density at radius 3 is 1.06 bits per heavy atom. The van der Waals surface area contributed by atoms with Gasteiger partial charge in [-0.2, -0.15) is 0 Å². The summed E-state index contributed by atoms with van der Waals surface area (Å²) in [7, 11) is 0. The van der Waals surface area contributed by atoms with Crippen molar-refractivity contribution in [1.29, 1.82) is 0 Å². The lowest BCUT2D eigenvalue weighted by Crippen LogP contribution is -2.03. The van der Waals surface area contributed by atoms with E-state index in [1.54, 1.807) is 6.33 Å². The minimum absolute atomic E-state index is 0.856. The van der Waals surface area contributed by atoms with E-state index in [9.17, 15) is 0 Å². The second kappa shape index (κ2) is 6.53. The first-order chi connectivity index (χ1) is 15.9. The normalized spacial score (nSPS) is 11.8. The molecule has 0 unspecified atom stereocenters. The zero-order valence-corrected chi connectivity index (χ0v) is 17.2. The molecule has 3 aromatic heterocycles. The Kier molecular flexibility index (Phi) is 3.52. The van der Waals surface area contributed by atoms with E-state index in [2.05, 4.69) is 112 Å². The lowest BCUT2D eigenvalue weighted by atomic mass is 10.2. The van der Waals surface area contributed by atoms with Crippen LogP contribution in [0, 0.1) is 0 Å². The molecule has 0 radical (unpaired) electrons. The van der Waals surface area contributed by atoms with Gasteiger partial charge in [0.15, 0.2) is 0 Å². The van der Waals surface area contributed by atoms with Gasteiger partial charge in [-0.15, -0.1) is 0 Å². The molecule has 0 N–H and O–H groups in total. The van der Waals surface area contributed by atoms with Crippen molar-refractivity contribution in [2.45, 2.75) is 0 Å². The van der Waals surface area contributed by atoms with Crippen molar-refractivity contribution in [2.75, 3.05) is 0 Å². The highest BCUT2D eigenvalue weighted by Crippen LogP contribution is 2.33. The Hall–Kier alpha value is -4.44. The van der Waals surface area contributed by atoms with Gasteiger partial charge in [-0.1, -0.05) is 72.8 Å². The summed E-state index contributed by atoms with van der Waals surface area (Å²) in [4.78, 5) is 9.38. The van der Waals surface area contributed by atoms with Crippen LogP contribution < -0.4 is 0 Å². The van der Waals surface area contributed by atoms with Gasteiger partial charge in [0.1, 0.15) is 18.0 Å². The molecule has 0 bridgehead atoms. The Bertz CT molecular complexity index is 1550. The summed E-state index contributed by atoms with van der Waals surface area (Å²) in [6.07, 6.45) is 1.66.